The number of hydrogen-bond acceptors (Lipinski definition) is 4. The number of carbonyl (C=O) groups is 1. The Balaban J connectivity index is 2.07. The lowest BCUT2D eigenvalue weighted by Gasteiger charge is -2.10. The van der Waals surface area contributed by atoms with Crippen molar-refractivity contribution in [3.63, 3.8) is 0 Å². The maximum absolute atomic E-state index is 12.3. The van der Waals surface area contributed by atoms with Crippen LogP contribution in [-0.4, -0.2) is 27.5 Å². The normalized spacial score (nSPS) is 11.4. The number of sulfonamides is 1. The Bertz CT molecular complexity index is 846. The van der Waals surface area contributed by atoms with E-state index in [0.717, 1.165) is 0 Å². The zero-order valence-electron chi connectivity index (χ0n) is 15.2. The van der Waals surface area contributed by atoms with Gasteiger partial charge >= 0.3 is 0 Å². The standard InChI is InChI=1S/C19H24N2O4S/c1-4-25-17-7-5-6-15(12-17)19(22)21-16-8-10-18(11-9-16)26(23,24)20-13-14(2)3/h5-12,14,20H,4,13H2,1-3H3,(H,21,22). The van der Waals surface area contributed by atoms with Crippen molar-refractivity contribution in [3.05, 3.63) is 54.1 Å². The van der Waals surface area contributed by atoms with Gasteiger partial charge < -0.3 is 10.1 Å². The minimum atomic E-state index is -3.54. The number of hydrogen-bond donors (Lipinski definition) is 2. The highest BCUT2D eigenvalue weighted by atomic mass is 32.2. The molecule has 2 aromatic carbocycles. The second-order valence-electron chi connectivity index (χ2n) is 6.19. The number of benzene rings is 2. The van der Waals surface area contributed by atoms with Crippen LogP contribution in [0, 0.1) is 5.92 Å². The average Bonchev–Trinajstić information content (AvgIpc) is 2.61. The first-order valence-corrected chi connectivity index (χ1v) is 9.94. The summed E-state index contributed by atoms with van der Waals surface area (Å²) in [5.41, 5.74) is 0.978. The topological polar surface area (TPSA) is 84.5 Å². The van der Waals surface area contributed by atoms with Crippen molar-refractivity contribution in [1.82, 2.24) is 4.72 Å². The van der Waals surface area contributed by atoms with Crippen LogP contribution in [0.25, 0.3) is 0 Å². The summed E-state index contributed by atoms with van der Waals surface area (Å²) in [5.74, 6) is 0.550. The second-order valence-corrected chi connectivity index (χ2v) is 7.95. The summed E-state index contributed by atoms with van der Waals surface area (Å²) in [6, 6.07) is 12.9. The van der Waals surface area contributed by atoms with E-state index in [1.165, 1.54) is 12.1 Å². The molecule has 0 saturated heterocycles. The van der Waals surface area contributed by atoms with Crippen LogP contribution in [0.5, 0.6) is 5.75 Å². The van der Waals surface area contributed by atoms with Crippen molar-refractivity contribution in [2.75, 3.05) is 18.5 Å². The van der Waals surface area contributed by atoms with Gasteiger partial charge in [0, 0.05) is 17.8 Å². The number of amides is 1. The molecule has 0 unspecified atom stereocenters. The Labute approximate surface area is 154 Å². The van der Waals surface area contributed by atoms with Crippen LogP contribution in [0.2, 0.25) is 0 Å². The molecule has 0 spiro atoms. The molecule has 2 rings (SSSR count). The molecule has 1 amide bonds. The quantitative estimate of drug-likeness (QED) is 0.740. The summed E-state index contributed by atoms with van der Waals surface area (Å²) in [4.78, 5) is 12.5. The molecule has 2 N–H and O–H groups in total. The summed E-state index contributed by atoms with van der Waals surface area (Å²) < 4.78 is 32.3. The molecule has 0 aromatic heterocycles. The molecule has 0 fully saturated rings. The van der Waals surface area contributed by atoms with E-state index in [1.54, 1.807) is 36.4 Å². The third-order valence-electron chi connectivity index (χ3n) is 3.51. The largest absolute Gasteiger partial charge is 0.494 e. The highest BCUT2D eigenvalue weighted by Crippen LogP contribution is 2.17. The Kier molecular flexibility index (Phi) is 6.76. The SMILES string of the molecule is CCOc1cccc(C(=O)Nc2ccc(S(=O)(=O)NCC(C)C)cc2)c1. The average molecular weight is 376 g/mol. The van der Waals surface area contributed by atoms with Crippen LogP contribution < -0.4 is 14.8 Å². The molecule has 0 radical (unpaired) electrons. The van der Waals surface area contributed by atoms with E-state index in [1.807, 2.05) is 20.8 Å². The van der Waals surface area contributed by atoms with Crippen molar-refractivity contribution in [2.45, 2.75) is 25.7 Å². The molecule has 26 heavy (non-hydrogen) atoms. The molecule has 0 bridgehead atoms. The first-order valence-electron chi connectivity index (χ1n) is 8.45. The third kappa shape index (κ3) is 5.57. The van der Waals surface area contributed by atoms with Gasteiger partial charge in [0.25, 0.3) is 5.91 Å². The van der Waals surface area contributed by atoms with Crippen molar-refractivity contribution in [1.29, 1.82) is 0 Å². The molecule has 6 nitrogen and oxygen atoms in total. The molecule has 0 heterocycles. The molecule has 140 valence electrons. The van der Waals surface area contributed by atoms with E-state index in [0.29, 0.717) is 30.2 Å². The monoisotopic (exact) mass is 376 g/mol. The minimum absolute atomic E-state index is 0.162. The Morgan fingerprint density at radius 2 is 1.81 bits per heavy atom. The van der Waals surface area contributed by atoms with E-state index in [2.05, 4.69) is 10.0 Å². The first kappa shape index (κ1) is 19.9. The van der Waals surface area contributed by atoms with E-state index in [4.69, 9.17) is 4.74 Å². The number of nitrogens with one attached hydrogen (secondary N) is 2. The van der Waals surface area contributed by atoms with E-state index >= 15 is 0 Å². The van der Waals surface area contributed by atoms with Gasteiger partial charge in [-0.3, -0.25) is 4.79 Å². The van der Waals surface area contributed by atoms with Crippen LogP contribution in [-0.2, 0) is 10.0 Å². The summed E-state index contributed by atoms with van der Waals surface area (Å²) in [5, 5.41) is 2.75. The summed E-state index contributed by atoms with van der Waals surface area (Å²) in [7, 11) is -3.54. The minimum Gasteiger partial charge on any atom is -0.494 e. The van der Waals surface area contributed by atoms with Crippen molar-refractivity contribution in [2.24, 2.45) is 5.92 Å². The lowest BCUT2D eigenvalue weighted by Crippen LogP contribution is -2.27. The maximum atomic E-state index is 12.3. The first-order chi connectivity index (χ1) is 12.3. The van der Waals surface area contributed by atoms with Gasteiger partial charge in [0.1, 0.15) is 5.75 Å². The fraction of sp³-hybridized carbons (Fsp3) is 0.316. The highest BCUT2D eigenvalue weighted by Gasteiger charge is 2.14. The Morgan fingerprint density at radius 3 is 2.42 bits per heavy atom. The lowest BCUT2D eigenvalue weighted by molar-refractivity contribution is 0.102. The molecular formula is C19H24N2O4S. The number of rotatable bonds is 8. The summed E-state index contributed by atoms with van der Waals surface area (Å²) >= 11 is 0. The fourth-order valence-corrected chi connectivity index (χ4v) is 3.39. The molecule has 0 atom stereocenters. The van der Waals surface area contributed by atoms with Gasteiger partial charge in [0.15, 0.2) is 0 Å². The van der Waals surface area contributed by atoms with E-state index in [9.17, 15) is 13.2 Å². The van der Waals surface area contributed by atoms with Gasteiger partial charge in [-0.2, -0.15) is 0 Å². The highest BCUT2D eigenvalue weighted by molar-refractivity contribution is 7.89. The van der Waals surface area contributed by atoms with Crippen molar-refractivity contribution >= 4 is 21.6 Å². The van der Waals surface area contributed by atoms with Crippen LogP contribution in [0.4, 0.5) is 5.69 Å². The maximum Gasteiger partial charge on any atom is 0.255 e. The molecule has 7 heteroatoms. The summed E-state index contributed by atoms with van der Waals surface area (Å²) in [6.45, 7) is 6.63. The van der Waals surface area contributed by atoms with Crippen LogP contribution in [0.3, 0.4) is 0 Å². The van der Waals surface area contributed by atoms with E-state index < -0.39 is 10.0 Å². The predicted molar refractivity (Wildman–Crippen MR) is 102 cm³/mol. The molecule has 0 aliphatic rings. The predicted octanol–water partition coefficient (Wildman–Crippen LogP) is 3.27. The van der Waals surface area contributed by atoms with Gasteiger partial charge in [-0.15, -0.1) is 0 Å². The zero-order chi connectivity index (χ0) is 19.2. The molecule has 0 aliphatic carbocycles. The summed E-state index contributed by atoms with van der Waals surface area (Å²) in [6.07, 6.45) is 0. The fourth-order valence-electron chi connectivity index (χ4n) is 2.17. The molecule has 2 aromatic rings. The lowest BCUT2D eigenvalue weighted by atomic mass is 10.2. The van der Waals surface area contributed by atoms with Crippen LogP contribution in [0.15, 0.2) is 53.4 Å². The van der Waals surface area contributed by atoms with Crippen LogP contribution >= 0.6 is 0 Å². The third-order valence-corrected chi connectivity index (χ3v) is 4.95. The van der Waals surface area contributed by atoms with Gasteiger partial charge in [-0.1, -0.05) is 19.9 Å². The Hall–Kier alpha value is -2.38. The molecular weight excluding hydrogens is 352 g/mol. The van der Waals surface area contributed by atoms with Gasteiger partial charge in [0.05, 0.1) is 11.5 Å². The zero-order valence-corrected chi connectivity index (χ0v) is 16.0. The molecule has 0 saturated carbocycles. The van der Waals surface area contributed by atoms with Crippen LogP contribution in [0.1, 0.15) is 31.1 Å². The van der Waals surface area contributed by atoms with Gasteiger partial charge in [0.2, 0.25) is 10.0 Å². The van der Waals surface area contributed by atoms with Crippen molar-refractivity contribution in [3.8, 4) is 5.75 Å². The Morgan fingerprint density at radius 1 is 1.12 bits per heavy atom. The molecule has 0 aliphatic heterocycles. The number of anilines is 1. The smallest absolute Gasteiger partial charge is 0.255 e. The van der Waals surface area contributed by atoms with Gasteiger partial charge in [-0.05, 0) is 55.3 Å². The van der Waals surface area contributed by atoms with Crippen molar-refractivity contribution < 1.29 is 17.9 Å². The number of ether oxygens (including phenoxy) is 1. The number of carbonyl (C=O) groups excluding carboxylic acids is 1. The van der Waals surface area contributed by atoms with Gasteiger partial charge in [-0.25, -0.2) is 13.1 Å². The second kappa shape index (κ2) is 8.82. The van der Waals surface area contributed by atoms with E-state index in [-0.39, 0.29) is 16.7 Å².